The Hall–Kier alpha value is -0.460. The van der Waals surface area contributed by atoms with Crippen LogP contribution in [-0.4, -0.2) is 50.6 Å². The van der Waals surface area contributed by atoms with Crippen molar-refractivity contribution in [1.29, 1.82) is 0 Å². The van der Waals surface area contributed by atoms with E-state index < -0.39 is 12.1 Å². The zero-order chi connectivity index (χ0) is 17.8. The molecule has 6 heteroatoms. The number of unbranched alkanes of at least 4 members (excludes halogenated alkanes) is 2. The second-order valence-corrected chi connectivity index (χ2v) is 8.56. The highest BCUT2D eigenvalue weighted by atomic mass is 32.2. The summed E-state index contributed by atoms with van der Waals surface area (Å²) in [5.74, 6) is 1.61. The summed E-state index contributed by atoms with van der Waals surface area (Å²) in [5.41, 5.74) is 0. The third kappa shape index (κ3) is 9.14. The number of aliphatic hydroxyl groups excluding tert-OH is 1. The Morgan fingerprint density at radius 1 is 1.33 bits per heavy atom. The number of carbonyl (C=O) groups is 2. The van der Waals surface area contributed by atoms with Crippen LogP contribution in [0.3, 0.4) is 0 Å². The molecule has 0 spiro atoms. The first-order chi connectivity index (χ1) is 11.5. The van der Waals surface area contributed by atoms with Crippen molar-refractivity contribution in [2.24, 2.45) is 5.92 Å². The Morgan fingerprint density at radius 3 is 2.83 bits per heavy atom. The number of carboxylic acid groups (broad SMARTS) is 1. The van der Waals surface area contributed by atoms with E-state index in [1.54, 1.807) is 11.8 Å². The molecule has 0 unspecified atom stereocenters. The highest BCUT2D eigenvalue weighted by molar-refractivity contribution is 8.01. The third-order valence-electron chi connectivity index (χ3n) is 4.07. The lowest BCUT2D eigenvalue weighted by Gasteiger charge is -2.15. The van der Waals surface area contributed by atoms with Gasteiger partial charge in [0.15, 0.2) is 0 Å². The predicted molar refractivity (Wildman–Crippen MR) is 103 cm³/mol. The number of carbonyl (C=O) groups excluding carboxylic acids is 1. The highest BCUT2D eigenvalue weighted by Gasteiger charge is 2.33. The maximum absolute atomic E-state index is 12.0. The minimum absolute atomic E-state index is 0.00793. The van der Waals surface area contributed by atoms with Gasteiger partial charge in [0.05, 0.1) is 17.1 Å². The fraction of sp³-hybridized carbons (Fsp3) is 0.778. The van der Waals surface area contributed by atoms with Crippen molar-refractivity contribution in [3.63, 3.8) is 0 Å². The second kappa shape index (κ2) is 12.8. The van der Waals surface area contributed by atoms with E-state index in [0.29, 0.717) is 12.2 Å². The molecule has 1 aliphatic carbocycles. The number of rotatable bonds is 13. The van der Waals surface area contributed by atoms with E-state index >= 15 is 0 Å². The number of aliphatic hydroxyl groups is 1. The third-order valence-corrected chi connectivity index (χ3v) is 6.59. The first-order valence-electron chi connectivity index (χ1n) is 8.84. The molecular weight excluding hydrogens is 344 g/mol. The second-order valence-electron chi connectivity index (χ2n) is 6.21. The van der Waals surface area contributed by atoms with Crippen molar-refractivity contribution in [1.82, 2.24) is 0 Å². The zero-order valence-corrected chi connectivity index (χ0v) is 16.1. The fourth-order valence-corrected chi connectivity index (χ4v) is 4.95. The van der Waals surface area contributed by atoms with Crippen LogP contribution in [0.25, 0.3) is 0 Å². The maximum Gasteiger partial charge on any atom is 0.313 e. The van der Waals surface area contributed by atoms with Gasteiger partial charge >= 0.3 is 5.97 Å². The summed E-state index contributed by atoms with van der Waals surface area (Å²) in [5, 5.41) is 18.6. The molecule has 1 aliphatic rings. The predicted octanol–water partition coefficient (Wildman–Crippen LogP) is 3.77. The molecule has 138 valence electrons. The number of carboxylic acids is 1. The summed E-state index contributed by atoms with van der Waals surface area (Å²) in [7, 11) is 0. The van der Waals surface area contributed by atoms with E-state index in [2.05, 4.69) is 6.92 Å². The Bertz CT molecular complexity index is 412. The van der Waals surface area contributed by atoms with Crippen LogP contribution in [0.15, 0.2) is 12.2 Å². The van der Waals surface area contributed by atoms with Crippen molar-refractivity contribution in [3.8, 4) is 0 Å². The Labute approximate surface area is 153 Å². The molecule has 0 heterocycles. The first kappa shape index (κ1) is 21.6. The van der Waals surface area contributed by atoms with Gasteiger partial charge in [0, 0.05) is 6.42 Å². The summed E-state index contributed by atoms with van der Waals surface area (Å²) >= 11 is 3.11. The minimum Gasteiger partial charge on any atom is -0.481 e. The monoisotopic (exact) mass is 374 g/mol. The molecule has 0 bridgehead atoms. The largest absolute Gasteiger partial charge is 0.481 e. The van der Waals surface area contributed by atoms with E-state index in [9.17, 15) is 14.7 Å². The van der Waals surface area contributed by atoms with Crippen LogP contribution in [0.5, 0.6) is 0 Å². The molecule has 0 aromatic carbocycles. The Balaban J connectivity index is 2.28. The smallest absolute Gasteiger partial charge is 0.313 e. The topological polar surface area (TPSA) is 74.6 Å². The van der Waals surface area contributed by atoms with Crippen LogP contribution in [0, 0.1) is 5.92 Å². The molecular formula is C18H30O4S2. The van der Waals surface area contributed by atoms with Gasteiger partial charge in [-0.25, -0.2) is 0 Å². The van der Waals surface area contributed by atoms with Gasteiger partial charge in [-0.2, -0.15) is 11.8 Å². The normalized spacial score (nSPS) is 22.3. The average Bonchev–Trinajstić information content (AvgIpc) is 2.89. The van der Waals surface area contributed by atoms with Gasteiger partial charge in [-0.3, -0.25) is 9.59 Å². The van der Waals surface area contributed by atoms with Gasteiger partial charge in [-0.05, 0) is 36.7 Å². The molecule has 0 radical (unpaired) electrons. The van der Waals surface area contributed by atoms with Crippen molar-refractivity contribution >= 4 is 35.3 Å². The lowest BCUT2D eigenvalue weighted by atomic mass is 10.0. The van der Waals surface area contributed by atoms with Crippen molar-refractivity contribution in [2.45, 2.75) is 63.2 Å². The average molecular weight is 375 g/mol. The zero-order valence-electron chi connectivity index (χ0n) is 14.5. The SMILES string of the molecule is CCCCC[C@H](O)C=C[C@@H]1CCC(=O)[C@@H]1SCCCSCC(=O)O. The van der Waals surface area contributed by atoms with E-state index in [-0.39, 0.29) is 16.9 Å². The van der Waals surface area contributed by atoms with Crippen LogP contribution in [0.4, 0.5) is 0 Å². The highest BCUT2D eigenvalue weighted by Crippen LogP contribution is 2.34. The molecule has 0 aromatic heterocycles. The van der Waals surface area contributed by atoms with Gasteiger partial charge in [0.25, 0.3) is 0 Å². The molecule has 1 rings (SSSR count). The first-order valence-corrected chi connectivity index (χ1v) is 11.0. The number of aliphatic carboxylic acids is 1. The van der Waals surface area contributed by atoms with Crippen LogP contribution < -0.4 is 0 Å². The quantitative estimate of drug-likeness (QED) is 0.377. The van der Waals surface area contributed by atoms with E-state index in [1.165, 1.54) is 11.8 Å². The molecule has 4 nitrogen and oxygen atoms in total. The summed E-state index contributed by atoms with van der Waals surface area (Å²) in [6.07, 6.45) is 10.1. The molecule has 3 atom stereocenters. The number of Topliss-reactive ketones (excluding diaryl/α,β-unsaturated/α-hetero) is 1. The van der Waals surface area contributed by atoms with Crippen LogP contribution >= 0.6 is 23.5 Å². The molecule has 1 saturated carbocycles. The lowest BCUT2D eigenvalue weighted by Crippen LogP contribution is -2.17. The molecule has 24 heavy (non-hydrogen) atoms. The fourth-order valence-electron chi connectivity index (χ4n) is 2.76. The maximum atomic E-state index is 12.0. The van der Waals surface area contributed by atoms with Gasteiger partial charge in [-0.1, -0.05) is 38.3 Å². The lowest BCUT2D eigenvalue weighted by molar-refractivity contribution is -0.133. The summed E-state index contributed by atoms with van der Waals surface area (Å²) in [6.45, 7) is 2.15. The summed E-state index contributed by atoms with van der Waals surface area (Å²) < 4.78 is 0. The summed E-state index contributed by atoms with van der Waals surface area (Å²) in [6, 6.07) is 0. The van der Waals surface area contributed by atoms with Crippen molar-refractivity contribution < 1.29 is 19.8 Å². The van der Waals surface area contributed by atoms with Gasteiger partial charge in [-0.15, -0.1) is 11.8 Å². The molecule has 0 saturated heterocycles. The molecule has 1 fully saturated rings. The van der Waals surface area contributed by atoms with E-state index in [0.717, 1.165) is 50.0 Å². The van der Waals surface area contributed by atoms with E-state index in [1.807, 2.05) is 12.2 Å². The molecule has 0 amide bonds. The number of ketones is 1. The molecule has 0 aromatic rings. The number of thioether (sulfide) groups is 2. The standard InChI is InChI=1S/C18H30O4S2/c1-2-3-4-6-15(19)9-7-14-8-10-16(20)18(14)24-12-5-11-23-13-17(21)22/h7,9,14-15,18-19H,2-6,8,10-13H2,1H3,(H,21,22)/t14-,15+,18-/m1/s1. The molecule has 2 N–H and O–H groups in total. The van der Waals surface area contributed by atoms with Crippen molar-refractivity contribution in [2.75, 3.05) is 17.3 Å². The Kier molecular flexibility index (Phi) is 11.5. The number of allylic oxidation sites excluding steroid dienone is 1. The van der Waals surface area contributed by atoms with Gasteiger partial charge < -0.3 is 10.2 Å². The van der Waals surface area contributed by atoms with Crippen LogP contribution in [0.2, 0.25) is 0 Å². The minimum atomic E-state index is -0.777. The number of hydrogen-bond donors (Lipinski definition) is 2. The van der Waals surface area contributed by atoms with Gasteiger partial charge in [0.2, 0.25) is 0 Å². The van der Waals surface area contributed by atoms with E-state index in [4.69, 9.17) is 5.11 Å². The van der Waals surface area contributed by atoms with Crippen LogP contribution in [-0.2, 0) is 9.59 Å². The van der Waals surface area contributed by atoms with Crippen LogP contribution in [0.1, 0.15) is 51.9 Å². The Morgan fingerprint density at radius 2 is 2.12 bits per heavy atom. The molecule has 0 aliphatic heterocycles. The summed E-state index contributed by atoms with van der Waals surface area (Å²) in [4.78, 5) is 22.5. The van der Waals surface area contributed by atoms with Crippen molar-refractivity contribution in [3.05, 3.63) is 12.2 Å². The number of hydrogen-bond acceptors (Lipinski definition) is 5. The van der Waals surface area contributed by atoms with Gasteiger partial charge in [0.1, 0.15) is 5.78 Å².